The van der Waals surface area contributed by atoms with Crippen LogP contribution in [0.2, 0.25) is 0 Å². The molecule has 2 aliphatic rings. The summed E-state index contributed by atoms with van der Waals surface area (Å²) in [4.78, 5) is 27.2. The van der Waals surface area contributed by atoms with Gasteiger partial charge >= 0.3 is 5.97 Å². The molecule has 190 valence electrons. The molecule has 1 aliphatic carbocycles. The minimum absolute atomic E-state index is 0.0244. The molecular formula is C31H31NO5. The van der Waals surface area contributed by atoms with Gasteiger partial charge in [0.25, 0.3) is 0 Å². The van der Waals surface area contributed by atoms with E-state index in [1.165, 1.54) is 0 Å². The predicted octanol–water partition coefficient (Wildman–Crippen LogP) is 5.78. The molecule has 0 aromatic heterocycles. The second kappa shape index (κ2) is 10.1. The number of Topliss-reactive ketones (excluding diaryl/α,β-unsaturated/α-hetero) is 1. The first-order valence-electron chi connectivity index (χ1n) is 12.6. The van der Waals surface area contributed by atoms with E-state index in [2.05, 4.69) is 5.32 Å². The van der Waals surface area contributed by atoms with E-state index in [1.54, 1.807) is 21.1 Å². The third-order valence-corrected chi connectivity index (χ3v) is 7.34. The Balaban J connectivity index is 1.63. The van der Waals surface area contributed by atoms with Gasteiger partial charge in [0.05, 0.1) is 26.4 Å². The number of ketones is 1. The first-order chi connectivity index (χ1) is 18.0. The number of dihydropyridines is 1. The number of allylic oxidation sites excluding steroid dienone is 3. The molecule has 0 radical (unpaired) electrons. The van der Waals surface area contributed by atoms with Crippen molar-refractivity contribution in [3.8, 4) is 11.5 Å². The molecule has 6 heteroatoms. The molecule has 0 saturated carbocycles. The number of carbonyl (C=O) groups excluding carboxylic acids is 2. The maximum Gasteiger partial charge on any atom is 0.336 e. The number of hydrogen-bond donors (Lipinski definition) is 1. The van der Waals surface area contributed by atoms with Crippen LogP contribution in [-0.4, -0.2) is 32.6 Å². The molecule has 0 spiro atoms. The van der Waals surface area contributed by atoms with Crippen LogP contribution in [0.5, 0.6) is 11.5 Å². The third kappa shape index (κ3) is 4.37. The summed E-state index contributed by atoms with van der Waals surface area (Å²) in [6.07, 6.45) is 0.984. The first kappa shape index (κ1) is 24.6. The zero-order valence-electron chi connectivity index (χ0n) is 21.6. The fraction of sp³-hybridized carbons (Fsp3) is 0.290. The van der Waals surface area contributed by atoms with E-state index < -0.39 is 11.9 Å². The van der Waals surface area contributed by atoms with E-state index >= 15 is 0 Å². The Labute approximate surface area is 216 Å². The van der Waals surface area contributed by atoms with Crippen molar-refractivity contribution in [2.75, 3.05) is 20.8 Å². The van der Waals surface area contributed by atoms with Crippen molar-refractivity contribution in [3.05, 3.63) is 94.3 Å². The zero-order valence-corrected chi connectivity index (χ0v) is 21.6. The summed E-state index contributed by atoms with van der Waals surface area (Å²) in [7, 11) is 3.21. The highest BCUT2D eigenvalue weighted by Gasteiger charge is 2.42. The minimum Gasteiger partial charge on any atom is -0.493 e. The van der Waals surface area contributed by atoms with Crippen LogP contribution in [0.3, 0.4) is 0 Å². The van der Waals surface area contributed by atoms with E-state index in [0.717, 1.165) is 33.3 Å². The summed E-state index contributed by atoms with van der Waals surface area (Å²) >= 11 is 0. The van der Waals surface area contributed by atoms with Gasteiger partial charge in [-0.15, -0.1) is 0 Å². The molecule has 5 rings (SSSR count). The third-order valence-electron chi connectivity index (χ3n) is 7.34. The number of ether oxygens (including phenoxy) is 3. The fourth-order valence-corrected chi connectivity index (χ4v) is 5.67. The minimum atomic E-state index is -0.500. The molecule has 1 aliphatic heterocycles. The van der Waals surface area contributed by atoms with Crippen LogP contribution in [0.15, 0.2) is 83.2 Å². The summed E-state index contributed by atoms with van der Waals surface area (Å²) in [5, 5.41) is 5.50. The number of methoxy groups -OCH3 is 2. The van der Waals surface area contributed by atoms with Crippen molar-refractivity contribution >= 4 is 22.5 Å². The summed E-state index contributed by atoms with van der Waals surface area (Å²) in [6.45, 7) is 3.94. The van der Waals surface area contributed by atoms with Gasteiger partial charge in [-0.25, -0.2) is 4.79 Å². The van der Waals surface area contributed by atoms with Crippen LogP contribution in [0, 0.1) is 0 Å². The zero-order chi connectivity index (χ0) is 26.1. The molecule has 6 nitrogen and oxygen atoms in total. The van der Waals surface area contributed by atoms with Gasteiger partial charge in [0.2, 0.25) is 0 Å². The molecular weight excluding hydrogens is 466 g/mol. The van der Waals surface area contributed by atoms with Gasteiger partial charge in [-0.2, -0.15) is 0 Å². The molecule has 0 unspecified atom stereocenters. The monoisotopic (exact) mass is 497 g/mol. The van der Waals surface area contributed by atoms with Crippen molar-refractivity contribution in [1.29, 1.82) is 0 Å². The van der Waals surface area contributed by atoms with Crippen LogP contribution in [0.4, 0.5) is 0 Å². The number of carbonyl (C=O) groups is 2. The SMILES string of the molecule is CCOC(=O)C1=C(C)NC2=C(C(=O)C[C@@H](c3ccc(OC)c(OC)c3)C2)[C@H]1c1cccc2ccccc12. The number of hydrogen-bond acceptors (Lipinski definition) is 6. The number of rotatable bonds is 6. The lowest BCUT2D eigenvalue weighted by atomic mass is 9.71. The molecule has 2 atom stereocenters. The van der Waals surface area contributed by atoms with Crippen molar-refractivity contribution < 1.29 is 23.8 Å². The number of fused-ring (bicyclic) bond motifs is 1. The van der Waals surface area contributed by atoms with E-state index in [-0.39, 0.29) is 18.3 Å². The average Bonchev–Trinajstić information content (AvgIpc) is 2.91. The van der Waals surface area contributed by atoms with Crippen molar-refractivity contribution in [2.45, 2.75) is 38.5 Å². The van der Waals surface area contributed by atoms with Crippen LogP contribution < -0.4 is 14.8 Å². The second-order valence-corrected chi connectivity index (χ2v) is 9.42. The Hall–Kier alpha value is -4.06. The number of nitrogens with one attached hydrogen (secondary N) is 1. The Morgan fingerprint density at radius 3 is 2.49 bits per heavy atom. The van der Waals surface area contributed by atoms with E-state index in [9.17, 15) is 9.59 Å². The molecule has 3 aromatic rings. The van der Waals surface area contributed by atoms with Gasteiger partial charge in [-0.3, -0.25) is 4.79 Å². The fourth-order valence-electron chi connectivity index (χ4n) is 5.67. The smallest absolute Gasteiger partial charge is 0.336 e. The molecule has 0 saturated heterocycles. The summed E-state index contributed by atoms with van der Waals surface area (Å²) in [6, 6.07) is 19.9. The lowest BCUT2D eigenvalue weighted by Crippen LogP contribution is -2.36. The summed E-state index contributed by atoms with van der Waals surface area (Å²) < 4.78 is 16.4. The second-order valence-electron chi connectivity index (χ2n) is 9.42. The number of benzene rings is 3. The molecule has 1 heterocycles. The number of esters is 1. The van der Waals surface area contributed by atoms with Gasteiger partial charge in [0, 0.05) is 29.3 Å². The van der Waals surface area contributed by atoms with Gasteiger partial charge in [-0.05, 0) is 60.2 Å². The Morgan fingerprint density at radius 1 is 0.973 bits per heavy atom. The Bertz CT molecular complexity index is 1450. The lowest BCUT2D eigenvalue weighted by molar-refractivity contribution is -0.138. The molecule has 0 fully saturated rings. The largest absolute Gasteiger partial charge is 0.493 e. The standard InChI is InChI=1S/C31H31NO5/c1-5-37-31(34)28-18(2)32-24-15-21(20-13-14-26(35-3)27(17-20)36-4)16-25(33)30(24)29(28)23-12-8-10-19-9-6-7-11-22(19)23/h6-14,17,21,29,32H,5,15-16H2,1-4H3/t21-,29-/m0/s1. The van der Waals surface area contributed by atoms with Gasteiger partial charge < -0.3 is 19.5 Å². The highest BCUT2D eigenvalue weighted by atomic mass is 16.5. The molecule has 37 heavy (non-hydrogen) atoms. The van der Waals surface area contributed by atoms with Crippen LogP contribution in [0.1, 0.15) is 49.7 Å². The van der Waals surface area contributed by atoms with Gasteiger partial charge in [-0.1, -0.05) is 48.5 Å². The van der Waals surface area contributed by atoms with Crippen LogP contribution in [0.25, 0.3) is 10.8 Å². The molecule has 1 N–H and O–H groups in total. The summed E-state index contributed by atoms with van der Waals surface area (Å²) in [5.74, 6) is 0.396. The topological polar surface area (TPSA) is 73.9 Å². The van der Waals surface area contributed by atoms with Crippen LogP contribution >= 0.6 is 0 Å². The lowest BCUT2D eigenvalue weighted by Gasteiger charge is -2.37. The normalized spacial score (nSPS) is 19.4. The molecule has 3 aromatic carbocycles. The predicted molar refractivity (Wildman–Crippen MR) is 143 cm³/mol. The quantitative estimate of drug-likeness (QED) is 0.435. The van der Waals surface area contributed by atoms with Gasteiger partial charge in [0.15, 0.2) is 17.3 Å². The van der Waals surface area contributed by atoms with Crippen molar-refractivity contribution in [3.63, 3.8) is 0 Å². The maximum absolute atomic E-state index is 13.9. The Kier molecular flexibility index (Phi) is 6.74. The average molecular weight is 498 g/mol. The highest BCUT2D eigenvalue weighted by molar-refractivity contribution is 6.05. The van der Waals surface area contributed by atoms with Crippen molar-refractivity contribution in [1.82, 2.24) is 5.32 Å². The first-order valence-corrected chi connectivity index (χ1v) is 12.6. The Morgan fingerprint density at radius 2 is 1.73 bits per heavy atom. The molecule has 0 bridgehead atoms. The highest BCUT2D eigenvalue weighted by Crippen LogP contribution is 2.47. The van der Waals surface area contributed by atoms with Crippen molar-refractivity contribution in [2.24, 2.45) is 0 Å². The van der Waals surface area contributed by atoms with E-state index in [4.69, 9.17) is 14.2 Å². The van der Waals surface area contributed by atoms with Crippen LogP contribution in [-0.2, 0) is 14.3 Å². The van der Waals surface area contributed by atoms with Gasteiger partial charge in [0.1, 0.15) is 0 Å². The maximum atomic E-state index is 13.9. The van der Waals surface area contributed by atoms with E-state index in [0.29, 0.717) is 35.5 Å². The van der Waals surface area contributed by atoms with E-state index in [1.807, 2.05) is 67.6 Å². The molecule has 0 amide bonds. The summed E-state index contributed by atoms with van der Waals surface area (Å²) in [5.41, 5.74) is 4.68.